The lowest BCUT2D eigenvalue weighted by atomic mass is 9.50. The normalized spacial score (nSPS) is 48.0. The molecule has 2 bridgehead atoms. The largest absolute Gasteiger partial charge is 0.378 e. The van der Waals surface area contributed by atoms with E-state index in [0.29, 0.717) is 22.3 Å². The smallest absolute Gasteiger partial charge is 0.0639 e. The van der Waals surface area contributed by atoms with Crippen LogP contribution in [0, 0.1) is 22.2 Å². The Kier molecular flexibility index (Phi) is 3.28. The van der Waals surface area contributed by atoms with Gasteiger partial charge < -0.3 is 4.74 Å². The van der Waals surface area contributed by atoms with Gasteiger partial charge in [0, 0.05) is 12.0 Å². The van der Waals surface area contributed by atoms with Gasteiger partial charge in [-0.3, -0.25) is 0 Å². The maximum atomic E-state index is 6.38. The van der Waals surface area contributed by atoms with Gasteiger partial charge in [0.2, 0.25) is 0 Å². The Morgan fingerprint density at radius 1 is 1.11 bits per heavy atom. The SMILES string of the molecule is CCCOC1CC(C)(C)C2CCC3(C)CCCC12C3. The van der Waals surface area contributed by atoms with Gasteiger partial charge in [-0.2, -0.15) is 0 Å². The van der Waals surface area contributed by atoms with E-state index in [9.17, 15) is 0 Å². The van der Waals surface area contributed by atoms with Crippen molar-refractivity contribution in [1.29, 1.82) is 0 Å². The summed E-state index contributed by atoms with van der Waals surface area (Å²) in [6.07, 6.45) is 11.7. The second-order valence-electron chi connectivity index (χ2n) is 8.72. The van der Waals surface area contributed by atoms with Gasteiger partial charge in [-0.05, 0) is 61.7 Å². The summed E-state index contributed by atoms with van der Waals surface area (Å²) in [5.74, 6) is 0.912. The summed E-state index contributed by atoms with van der Waals surface area (Å²) in [6.45, 7) is 10.8. The highest BCUT2D eigenvalue weighted by Gasteiger charge is 2.63. The average Bonchev–Trinajstić information content (AvgIpc) is 2.52. The third-order valence-electron chi connectivity index (χ3n) is 6.73. The quantitative estimate of drug-likeness (QED) is 0.681. The molecule has 3 saturated carbocycles. The third kappa shape index (κ3) is 2.07. The van der Waals surface area contributed by atoms with E-state index in [1.54, 1.807) is 0 Å². The molecule has 19 heavy (non-hydrogen) atoms. The highest BCUT2D eigenvalue weighted by Crippen LogP contribution is 2.69. The second-order valence-corrected chi connectivity index (χ2v) is 8.72. The third-order valence-corrected chi connectivity index (χ3v) is 6.73. The molecule has 0 aromatic carbocycles. The van der Waals surface area contributed by atoms with Crippen LogP contribution in [0.15, 0.2) is 0 Å². The van der Waals surface area contributed by atoms with Crippen molar-refractivity contribution in [2.75, 3.05) is 6.61 Å². The van der Waals surface area contributed by atoms with Crippen molar-refractivity contribution in [3.63, 3.8) is 0 Å². The second kappa shape index (κ2) is 4.48. The van der Waals surface area contributed by atoms with Crippen LogP contribution in [-0.2, 0) is 4.74 Å². The maximum Gasteiger partial charge on any atom is 0.0639 e. The number of rotatable bonds is 3. The first kappa shape index (κ1) is 13.9. The van der Waals surface area contributed by atoms with E-state index in [1.165, 1.54) is 44.9 Å². The Morgan fingerprint density at radius 2 is 1.89 bits per heavy atom. The van der Waals surface area contributed by atoms with Crippen LogP contribution in [0.1, 0.15) is 79.1 Å². The molecule has 3 fully saturated rings. The molecule has 1 spiro atoms. The molecule has 0 N–H and O–H groups in total. The number of fused-ring (bicyclic) bond motifs is 1. The van der Waals surface area contributed by atoms with Crippen LogP contribution in [0.5, 0.6) is 0 Å². The molecular formula is C18H32O. The van der Waals surface area contributed by atoms with Crippen molar-refractivity contribution in [1.82, 2.24) is 0 Å². The average molecular weight is 264 g/mol. The Labute approximate surface area is 119 Å². The summed E-state index contributed by atoms with van der Waals surface area (Å²) in [5, 5.41) is 0. The fraction of sp³-hybridized carbons (Fsp3) is 1.00. The molecule has 0 radical (unpaired) electrons. The van der Waals surface area contributed by atoms with Gasteiger partial charge >= 0.3 is 0 Å². The zero-order valence-corrected chi connectivity index (χ0v) is 13.4. The number of hydrogen-bond acceptors (Lipinski definition) is 1. The van der Waals surface area contributed by atoms with Crippen molar-refractivity contribution < 1.29 is 4.74 Å². The summed E-state index contributed by atoms with van der Waals surface area (Å²) in [6, 6.07) is 0. The van der Waals surface area contributed by atoms with E-state index >= 15 is 0 Å². The van der Waals surface area contributed by atoms with Gasteiger partial charge in [-0.1, -0.05) is 34.1 Å². The molecule has 3 aliphatic rings. The van der Waals surface area contributed by atoms with Crippen molar-refractivity contribution >= 4 is 0 Å². The highest BCUT2D eigenvalue weighted by atomic mass is 16.5. The standard InChI is InChI=1S/C18H32O/c1-5-11-19-15-12-16(2,3)14-7-10-17(4)8-6-9-18(14,15)13-17/h14-15H,5-13H2,1-4H3. The maximum absolute atomic E-state index is 6.38. The minimum absolute atomic E-state index is 0.497. The Bertz CT molecular complexity index is 348. The van der Waals surface area contributed by atoms with Crippen LogP contribution in [0.3, 0.4) is 0 Å². The molecule has 0 amide bonds. The minimum Gasteiger partial charge on any atom is -0.378 e. The molecule has 4 unspecified atom stereocenters. The topological polar surface area (TPSA) is 9.23 Å². The van der Waals surface area contributed by atoms with Crippen LogP contribution in [0.2, 0.25) is 0 Å². The molecule has 0 aromatic rings. The summed E-state index contributed by atoms with van der Waals surface area (Å²) >= 11 is 0. The van der Waals surface area contributed by atoms with E-state index < -0.39 is 0 Å². The highest BCUT2D eigenvalue weighted by molar-refractivity contribution is 5.12. The van der Waals surface area contributed by atoms with Crippen LogP contribution >= 0.6 is 0 Å². The van der Waals surface area contributed by atoms with Gasteiger partial charge in [0.1, 0.15) is 0 Å². The first-order chi connectivity index (χ1) is 8.92. The van der Waals surface area contributed by atoms with Crippen LogP contribution in [-0.4, -0.2) is 12.7 Å². The molecule has 1 nitrogen and oxygen atoms in total. The van der Waals surface area contributed by atoms with E-state index in [4.69, 9.17) is 4.74 Å². The molecule has 0 aromatic heterocycles. The lowest BCUT2D eigenvalue weighted by Gasteiger charge is -2.56. The number of ether oxygens (including phenoxy) is 1. The minimum atomic E-state index is 0.497. The van der Waals surface area contributed by atoms with E-state index in [1.807, 2.05) is 0 Å². The Morgan fingerprint density at radius 3 is 2.63 bits per heavy atom. The molecule has 110 valence electrons. The van der Waals surface area contributed by atoms with Gasteiger partial charge in [0.05, 0.1) is 6.10 Å². The number of hydrogen-bond donors (Lipinski definition) is 0. The molecule has 4 atom stereocenters. The summed E-state index contributed by atoms with van der Waals surface area (Å²) in [5.41, 5.74) is 1.66. The summed E-state index contributed by atoms with van der Waals surface area (Å²) < 4.78 is 6.38. The molecule has 3 aliphatic carbocycles. The molecular weight excluding hydrogens is 232 g/mol. The van der Waals surface area contributed by atoms with Gasteiger partial charge in [-0.25, -0.2) is 0 Å². The van der Waals surface area contributed by atoms with Crippen LogP contribution in [0.4, 0.5) is 0 Å². The molecule has 1 heteroatoms. The Hall–Kier alpha value is -0.0400. The monoisotopic (exact) mass is 264 g/mol. The molecule has 0 saturated heterocycles. The molecule has 0 aliphatic heterocycles. The van der Waals surface area contributed by atoms with Gasteiger partial charge in [0.25, 0.3) is 0 Å². The first-order valence-corrected chi connectivity index (χ1v) is 8.54. The molecule has 0 heterocycles. The van der Waals surface area contributed by atoms with Gasteiger partial charge in [0.15, 0.2) is 0 Å². The van der Waals surface area contributed by atoms with Crippen molar-refractivity contribution in [3.05, 3.63) is 0 Å². The fourth-order valence-electron chi connectivity index (χ4n) is 6.08. The van der Waals surface area contributed by atoms with E-state index in [0.717, 1.165) is 18.9 Å². The summed E-state index contributed by atoms with van der Waals surface area (Å²) in [4.78, 5) is 0. The van der Waals surface area contributed by atoms with Crippen LogP contribution < -0.4 is 0 Å². The van der Waals surface area contributed by atoms with E-state index in [-0.39, 0.29) is 0 Å². The zero-order chi connectivity index (χ0) is 13.7. The van der Waals surface area contributed by atoms with Crippen LogP contribution in [0.25, 0.3) is 0 Å². The molecule has 3 rings (SSSR count). The van der Waals surface area contributed by atoms with Crippen molar-refractivity contribution in [2.45, 2.75) is 85.2 Å². The predicted octanol–water partition coefficient (Wildman–Crippen LogP) is 5.19. The van der Waals surface area contributed by atoms with E-state index in [2.05, 4.69) is 27.7 Å². The lowest BCUT2D eigenvalue weighted by molar-refractivity contribution is -0.114. The first-order valence-electron chi connectivity index (χ1n) is 8.54. The fourth-order valence-corrected chi connectivity index (χ4v) is 6.08. The summed E-state index contributed by atoms with van der Waals surface area (Å²) in [7, 11) is 0. The van der Waals surface area contributed by atoms with Gasteiger partial charge in [-0.15, -0.1) is 0 Å². The van der Waals surface area contributed by atoms with Crippen molar-refractivity contribution in [2.24, 2.45) is 22.2 Å². The predicted molar refractivity (Wildman–Crippen MR) is 80.2 cm³/mol. The lowest BCUT2D eigenvalue weighted by Crippen LogP contribution is -2.49. The Balaban J connectivity index is 1.91. The van der Waals surface area contributed by atoms with Crippen molar-refractivity contribution in [3.8, 4) is 0 Å². The zero-order valence-electron chi connectivity index (χ0n) is 13.4.